The van der Waals surface area contributed by atoms with Crippen molar-refractivity contribution in [1.29, 1.82) is 0 Å². The molecule has 0 atom stereocenters. The van der Waals surface area contributed by atoms with E-state index in [4.69, 9.17) is 0 Å². The van der Waals surface area contributed by atoms with E-state index in [0.717, 1.165) is 12.1 Å². The lowest BCUT2D eigenvalue weighted by Gasteiger charge is -2.11. The molecule has 2 aromatic carbocycles. The second-order valence-electron chi connectivity index (χ2n) is 6.31. The summed E-state index contributed by atoms with van der Waals surface area (Å²) in [5.74, 6) is -2.75. The highest BCUT2D eigenvalue weighted by Gasteiger charge is 2.12. The molecule has 0 bridgehead atoms. The van der Waals surface area contributed by atoms with Gasteiger partial charge in [-0.15, -0.1) is 0 Å². The summed E-state index contributed by atoms with van der Waals surface area (Å²) in [5.41, 5.74) is 0.815. The van der Waals surface area contributed by atoms with E-state index in [2.05, 4.69) is 10.6 Å². The normalized spacial score (nSPS) is 10.3. The Balaban J connectivity index is 1.75. The Morgan fingerprint density at radius 1 is 1.00 bits per heavy atom. The zero-order chi connectivity index (χ0) is 20.7. The first-order valence-electron chi connectivity index (χ1n) is 8.62. The van der Waals surface area contributed by atoms with E-state index in [9.17, 15) is 23.2 Å². The van der Waals surface area contributed by atoms with Crippen molar-refractivity contribution >= 4 is 23.4 Å². The molecular formula is C20H21F2N3O3. The topological polar surface area (TPSA) is 78.5 Å². The molecule has 0 fully saturated rings. The predicted molar refractivity (Wildman–Crippen MR) is 101 cm³/mol. The SMILES string of the molecule is CN(C)C(=O)c1ccc(NC(=O)CCCNC(=O)c2ccc(F)cc2F)cc1. The Morgan fingerprint density at radius 3 is 2.29 bits per heavy atom. The number of nitrogens with one attached hydrogen (secondary N) is 2. The zero-order valence-electron chi connectivity index (χ0n) is 15.6. The average Bonchev–Trinajstić information content (AvgIpc) is 2.65. The largest absolute Gasteiger partial charge is 0.352 e. The van der Waals surface area contributed by atoms with Crippen molar-refractivity contribution in [1.82, 2.24) is 10.2 Å². The van der Waals surface area contributed by atoms with Gasteiger partial charge < -0.3 is 15.5 Å². The molecule has 0 radical (unpaired) electrons. The summed E-state index contributed by atoms with van der Waals surface area (Å²) in [7, 11) is 3.31. The molecule has 2 aromatic rings. The standard InChI is InChI=1S/C20H21F2N3O3/c1-25(2)20(28)13-5-8-15(9-6-13)24-18(26)4-3-11-23-19(27)16-10-7-14(21)12-17(16)22/h5-10,12H,3-4,11H2,1-2H3,(H,23,27)(H,24,26). The summed E-state index contributed by atoms with van der Waals surface area (Å²) in [6.07, 6.45) is 0.488. The second kappa shape index (κ2) is 9.59. The number of halogens is 2. The van der Waals surface area contributed by atoms with Crippen molar-refractivity contribution in [3.05, 3.63) is 65.2 Å². The summed E-state index contributed by atoms with van der Waals surface area (Å²) < 4.78 is 26.4. The van der Waals surface area contributed by atoms with Gasteiger partial charge in [0, 0.05) is 44.4 Å². The van der Waals surface area contributed by atoms with Crippen LogP contribution in [0.2, 0.25) is 0 Å². The number of hydrogen-bond donors (Lipinski definition) is 2. The van der Waals surface area contributed by atoms with Crippen molar-refractivity contribution in [3.63, 3.8) is 0 Å². The molecule has 0 saturated heterocycles. The first-order chi connectivity index (χ1) is 13.3. The van der Waals surface area contributed by atoms with Crippen LogP contribution in [0, 0.1) is 11.6 Å². The molecule has 8 heteroatoms. The van der Waals surface area contributed by atoms with Crippen LogP contribution in [0.5, 0.6) is 0 Å². The van der Waals surface area contributed by atoms with E-state index in [0.29, 0.717) is 23.7 Å². The average molecular weight is 389 g/mol. The Bertz CT molecular complexity index is 867. The van der Waals surface area contributed by atoms with Crippen LogP contribution in [0.25, 0.3) is 0 Å². The first-order valence-corrected chi connectivity index (χ1v) is 8.62. The molecule has 148 valence electrons. The van der Waals surface area contributed by atoms with Crippen molar-refractivity contribution in [2.45, 2.75) is 12.8 Å². The van der Waals surface area contributed by atoms with Crippen LogP contribution in [0.1, 0.15) is 33.6 Å². The number of rotatable bonds is 7. The molecule has 2 N–H and O–H groups in total. The fraction of sp³-hybridized carbons (Fsp3) is 0.250. The fourth-order valence-electron chi connectivity index (χ4n) is 2.40. The van der Waals surface area contributed by atoms with E-state index >= 15 is 0 Å². The molecule has 0 aliphatic heterocycles. The summed E-state index contributed by atoms with van der Waals surface area (Å²) in [5, 5.41) is 5.18. The molecule has 0 aliphatic carbocycles. The lowest BCUT2D eigenvalue weighted by atomic mass is 10.1. The Hall–Kier alpha value is -3.29. The van der Waals surface area contributed by atoms with Gasteiger partial charge in [0.15, 0.2) is 0 Å². The number of nitrogens with zero attached hydrogens (tertiary/aromatic N) is 1. The maximum absolute atomic E-state index is 13.5. The summed E-state index contributed by atoms with van der Waals surface area (Å²) in [6, 6.07) is 9.21. The molecule has 0 unspecified atom stereocenters. The lowest BCUT2D eigenvalue weighted by Crippen LogP contribution is -2.26. The molecule has 6 nitrogen and oxygen atoms in total. The van der Waals surface area contributed by atoms with Gasteiger partial charge in [-0.1, -0.05) is 0 Å². The molecule has 0 saturated carbocycles. The molecule has 0 aromatic heterocycles. The van der Waals surface area contributed by atoms with Crippen molar-refractivity contribution in [3.8, 4) is 0 Å². The van der Waals surface area contributed by atoms with Crippen molar-refractivity contribution < 1.29 is 23.2 Å². The van der Waals surface area contributed by atoms with Gasteiger partial charge in [-0.05, 0) is 42.8 Å². The smallest absolute Gasteiger partial charge is 0.254 e. The van der Waals surface area contributed by atoms with Crippen LogP contribution < -0.4 is 10.6 Å². The molecular weight excluding hydrogens is 368 g/mol. The van der Waals surface area contributed by atoms with Gasteiger partial charge in [0.2, 0.25) is 5.91 Å². The third-order valence-electron chi connectivity index (χ3n) is 3.86. The van der Waals surface area contributed by atoms with Crippen molar-refractivity contribution in [2.75, 3.05) is 26.0 Å². The number of anilines is 1. The number of amides is 3. The van der Waals surface area contributed by atoms with Crippen molar-refractivity contribution in [2.24, 2.45) is 0 Å². The summed E-state index contributed by atoms with van der Waals surface area (Å²) in [4.78, 5) is 37.1. The van der Waals surface area contributed by atoms with E-state index in [1.807, 2.05) is 0 Å². The minimum Gasteiger partial charge on any atom is -0.352 e. The molecule has 0 spiro atoms. The van der Waals surface area contributed by atoms with Gasteiger partial charge in [0.05, 0.1) is 5.56 Å². The Labute approximate surface area is 161 Å². The number of carbonyl (C=O) groups is 3. The number of hydrogen-bond acceptors (Lipinski definition) is 3. The van der Waals surface area contributed by atoms with Crippen LogP contribution >= 0.6 is 0 Å². The Kier molecular flexibility index (Phi) is 7.20. The molecule has 3 amide bonds. The van der Waals surface area contributed by atoms with Gasteiger partial charge in [-0.2, -0.15) is 0 Å². The van der Waals surface area contributed by atoms with Crippen LogP contribution in [0.3, 0.4) is 0 Å². The van der Waals surface area contributed by atoms with E-state index in [1.54, 1.807) is 38.4 Å². The predicted octanol–water partition coefficient (Wildman–Crippen LogP) is 2.82. The fourth-order valence-corrected chi connectivity index (χ4v) is 2.40. The maximum atomic E-state index is 13.5. The third-order valence-corrected chi connectivity index (χ3v) is 3.86. The van der Waals surface area contributed by atoms with E-state index in [-0.39, 0.29) is 30.3 Å². The molecule has 28 heavy (non-hydrogen) atoms. The van der Waals surface area contributed by atoms with E-state index in [1.165, 1.54) is 4.90 Å². The molecule has 0 heterocycles. The zero-order valence-corrected chi connectivity index (χ0v) is 15.6. The quantitative estimate of drug-likeness (QED) is 0.715. The first kappa shape index (κ1) is 21.0. The van der Waals surface area contributed by atoms with Crippen LogP contribution in [0.15, 0.2) is 42.5 Å². The summed E-state index contributed by atoms with van der Waals surface area (Å²) in [6.45, 7) is 0.166. The van der Waals surface area contributed by atoms with Gasteiger partial charge >= 0.3 is 0 Å². The monoisotopic (exact) mass is 389 g/mol. The van der Waals surface area contributed by atoms with Crippen LogP contribution in [0.4, 0.5) is 14.5 Å². The minimum atomic E-state index is -0.938. The minimum absolute atomic E-state index is 0.133. The van der Waals surface area contributed by atoms with Crippen LogP contribution in [-0.4, -0.2) is 43.3 Å². The second-order valence-corrected chi connectivity index (χ2v) is 6.31. The van der Waals surface area contributed by atoms with Gasteiger partial charge in [-0.3, -0.25) is 14.4 Å². The van der Waals surface area contributed by atoms with E-state index < -0.39 is 17.5 Å². The number of benzene rings is 2. The highest BCUT2D eigenvalue weighted by atomic mass is 19.1. The third kappa shape index (κ3) is 5.87. The molecule has 2 rings (SSSR count). The highest BCUT2D eigenvalue weighted by Crippen LogP contribution is 2.12. The lowest BCUT2D eigenvalue weighted by molar-refractivity contribution is -0.116. The maximum Gasteiger partial charge on any atom is 0.254 e. The van der Waals surface area contributed by atoms with Gasteiger partial charge in [0.1, 0.15) is 11.6 Å². The van der Waals surface area contributed by atoms with Crippen LogP contribution in [-0.2, 0) is 4.79 Å². The Morgan fingerprint density at radius 2 is 1.68 bits per heavy atom. The van der Waals surface area contributed by atoms with Gasteiger partial charge in [-0.25, -0.2) is 8.78 Å². The summed E-state index contributed by atoms with van der Waals surface area (Å²) >= 11 is 0. The highest BCUT2D eigenvalue weighted by molar-refractivity contribution is 5.96. The van der Waals surface area contributed by atoms with Gasteiger partial charge in [0.25, 0.3) is 11.8 Å². The number of carbonyl (C=O) groups excluding carboxylic acids is 3. The molecule has 0 aliphatic rings.